The second kappa shape index (κ2) is 17.2. The zero-order valence-corrected chi connectivity index (χ0v) is 32.4. The number of rotatable bonds is 12. The summed E-state index contributed by atoms with van der Waals surface area (Å²) in [5, 5.41) is 5.39. The van der Waals surface area contributed by atoms with Crippen molar-refractivity contribution in [2.75, 3.05) is 27.3 Å². The summed E-state index contributed by atoms with van der Waals surface area (Å²) in [6.07, 6.45) is 8.80. The van der Waals surface area contributed by atoms with Gasteiger partial charge in [-0.05, 0) is 72.8 Å². The third kappa shape index (κ3) is 8.84. The Kier molecular flexibility index (Phi) is 12.2. The topological polar surface area (TPSA) is 175 Å². The number of benzene rings is 2. The number of H-pyrrole nitrogens is 2. The van der Waals surface area contributed by atoms with Crippen molar-refractivity contribution in [1.82, 2.24) is 40.4 Å². The Balaban J connectivity index is 1.07. The van der Waals surface area contributed by atoms with Crippen LogP contribution in [0.25, 0.3) is 28.4 Å². The SMILES string of the molecule is COC(=O)N[C@H](C(=O)N1CCC[C@H]1c1ncc(-c2ccc(/C=C/Cc3ccc4nc([C@@H]5CCCN5C(=O)[C@@H](NC(=O)OC)C(C)C)[nH]c4c3)cc2)[nH]1)C(C)C. The largest absolute Gasteiger partial charge is 0.453 e. The van der Waals surface area contributed by atoms with Crippen LogP contribution < -0.4 is 10.6 Å². The number of ether oxygens (including phenoxy) is 2. The maximum Gasteiger partial charge on any atom is 0.407 e. The highest BCUT2D eigenvalue weighted by atomic mass is 16.5. The van der Waals surface area contributed by atoms with Crippen LogP contribution in [0.5, 0.6) is 0 Å². The van der Waals surface area contributed by atoms with Crippen LogP contribution in [0.4, 0.5) is 9.59 Å². The van der Waals surface area contributed by atoms with Gasteiger partial charge in [-0.15, -0.1) is 0 Å². The molecule has 0 aliphatic carbocycles. The third-order valence-corrected chi connectivity index (χ3v) is 10.5. The first kappa shape index (κ1) is 39.0. The highest BCUT2D eigenvalue weighted by Crippen LogP contribution is 2.34. The number of carbonyl (C=O) groups excluding carboxylic acids is 4. The van der Waals surface area contributed by atoms with Gasteiger partial charge in [0.2, 0.25) is 11.8 Å². The summed E-state index contributed by atoms with van der Waals surface area (Å²) in [6.45, 7) is 8.81. The monoisotopic (exact) mass is 752 g/mol. The summed E-state index contributed by atoms with van der Waals surface area (Å²) in [6, 6.07) is 12.6. The maximum atomic E-state index is 13.5. The fourth-order valence-corrected chi connectivity index (χ4v) is 7.50. The minimum absolute atomic E-state index is 0.0989. The molecule has 292 valence electrons. The predicted molar refractivity (Wildman–Crippen MR) is 209 cm³/mol. The average molecular weight is 753 g/mol. The highest BCUT2D eigenvalue weighted by Gasteiger charge is 2.39. The smallest absolute Gasteiger partial charge is 0.407 e. The molecule has 55 heavy (non-hydrogen) atoms. The number of aromatic nitrogens is 4. The highest BCUT2D eigenvalue weighted by molar-refractivity contribution is 5.87. The van der Waals surface area contributed by atoms with E-state index in [1.165, 1.54) is 14.2 Å². The molecular formula is C41H52N8O6. The number of methoxy groups -OCH3 is 2. The standard InChI is InChI=1S/C41H52N8O6/c1-24(2)34(46-40(52)54-5)38(50)48-20-8-12-32(48)36-42-23-31(45-36)28-17-14-26(15-18-28)10-7-11-27-16-19-29-30(22-27)44-37(43-29)33-13-9-21-49(33)39(51)35(25(3)4)47-41(53)55-6/h7,10,14-19,22-25,32-35H,8-9,11-13,20-21H2,1-6H3,(H,42,45)(H,43,44)(H,46,52)(H,47,53)/b10-7+/t32-,33-,34-,35-/m0/s1. The van der Waals surface area contributed by atoms with E-state index >= 15 is 0 Å². The number of nitrogens with zero attached hydrogens (tertiary/aromatic N) is 4. The lowest BCUT2D eigenvalue weighted by molar-refractivity contribution is -0.136. The van der Waals surface area contributed by atoms with Gasteiger partial charge in [-0.2, -0.15) is 0 Å². The van der Waals surface area contributed by atoms with E-state index in [0.717, 1.165) is 77.2 Å². The molecule has 6 rings (SSSR count). The minimum atomic E-state index is -0.682. The number of imidazole rings is 2. The second-order valence-corrected chi connectivity index (χ2v) is 15.0. The number of hydrogen-bond acceptors (Lipinski definition) is 8. The lowest BCUT2D eigenvalue weighted by atomic mass is 10.0. The number of hydrogen-bond donors (Lipinski definition) is 4. The van der Waals surface area contributed by atoms with Crippen molar-refractivity contribution in [3.63, 3.8) is 0 Å². The first-order chi connectivity index (χ1) is 26.5. The molecule has 2 aromatic heterocycles. The first-order valence-corrected chi connectivity index (χ1v) is 19.1. The van der Waals surface area contributed by atoms with Crippen molar-refractivity contribution >= 4 is 41.1 Å². The number of likely N-dealkylation sites (tertiary alicyclic amines) is 2. The van der Waals surface area contributed by atoms with Gasteiger partial charge in [0.15, 0.2) is 0 Å². The molecule has 0 bridgehead atoms. The van der Waals surface area contributed by atoms with Crippen molar-refractivity contribution < 1.29 is 28.7 Å². The third-order valence-electron chi connectivity index (χ3n) is 10.5. The molecule has 0 unspecified atom stereocenters. The van der Waals surface area contributed by atoms with Gasteiger partial charge < -0.3 is 39.9 Å². The van der Waals surface area contributed by atoms with Crippen molar-refractivity contribution in [3.8, 4) is 11.3 Å². The zero-order valence-electron chi connectivity index (χ0n) is 32.4. The van der Waals surface area contributed by atoms with Gasteiger partial charge in [-0.25, -0.2) is 19.6 Å². The number of carbonyl (C=O) groups is 4. The van der Waals surface area contributed by atoms with E-state index in [9.17, 15) is 19.2 Å². The van der Waals surface area contributed by atoms with Gasteiger partial charge in [-0.3, -0.25) is 9.59 Å². The molecule has 2 fully saturated rings. The molecule has 14 nitrogen and oxygen atoms in total. The Morgan fingerprint density at radius 3 is 1.96 bits per heavy atom. The van der Waals surface area contributed by atoms with Crippen LogP contribution in [0.15, 0.2) is 54.7 Å². The van der Waals surface area contributed by atoms with Gasteiger partial charge in [0.1, 0.15) is 23.7 Å². The van der Waals surface area contributed by atoms with Gasteiger partial charge in [-0.1, -0.05) is 70.2 Å². The van der Waals surface area contributed by atoms with E-state index in [1.807, 2.05) is 55.7 Å². The van der Waals surface area contributed by atoms with E-state index in [1.54, 1.807) is 6.20 Å². The number of alkyl carbamates (subject to hydrolysis) is 2. The van der Waals surface area contributed by atoms with E-state index in [0.29, 0.717) is 13.1 Å². The van der Waals surface area contributed by atoms with Crippen LogP contribution in [0, 0.1) is 11.8 Å². The van der Waals surface area contributed by atoms with Crippen LogP contribution in [0.1, 0.15) is 88.2 Å². The molecule has 4 amide bonds. The molecule has 2 saturated heterocycles. The number of aromatic amines is 2. The Morgan fingerprint density at radius 2 is 1.40 bits per heavy atom. The van der Waals surface area contributed by atoms with Crippen molar-refractivity contribution in [3.05, 3.63) is 77.5 Å². The van der Waals surface area contributed by atoms with Crippen molar-refractivity contribution in [1.29, 1.82) is 0 Å². The number of amides is 4. The van der Waals surface area contributed by atoms with Gasteiger partial charge in [0, 0.05) is 13.1 Å². The quantitative estimate of drug-likeness (QED) is 0.131. The van der Waals surface area contributed by atoms with E-state index in [-0.39, 0.29) is 35.7 Å². The molecule has 2 aliphatic rings. The van der Waals surface area contributed by atoms with E-state index in [2.05, 4.69) is 62.0 Å². The second-order valence-electron chi connectivity index (χ2n) is 15.0. The fraction of sp³-hybridized carbons (Fsp3) is 0.463. The summed E-state index contributed by atoms with van der Waals surface area (Å²) in [4.78, 5) is 70.9. The molecule has 4 N–H and O–H groups in total. The van der Waals surface area contributed by atoms with Gasteiger partial charge in [0.05, 0.1) is 49.2 Å². The summed E-state index contributed by atoms with van der Waals surface area (Å²) in [5.41, 5.74) is 5.80. The average Bonchev–Trinajstić information content (AvgIpc) is 4.01. The molecule has 2 aliphatic heterocycles. The summed E-state index contributed by atoms with van der Waals surface area (Å²) in [7, 11) is 2.58. The van der Waals surface area contributed by atoms with Crippen LogP contribution in [0.3, 0.4) is 0 Å². The molecular weight excluding hydrogens is 701 g/mol. The van der Waals surface area contributed by atoms with Crippen molar-refractivity contribution in [2.45, 2.75) is 84.0 Å². The van der Waals surface area contributed by atoms with Gasteiger partial charge in [0.25, 0.3) is 0 Å². The van der Waals surface area contributed by atoms with Gasteiger partial charge >= 0.3 is 12.2 Å². The fourth-order valence-electron chi connectivity index (χ4n) is 7.50. The first-order valence-electron chi connectivity index (χ1n) is 19.1. The van der Waals surface area contributed by atoms with E-state index in [4.69, 9.17) is 14.5 Å². The van der Waals surface area contributed by atoms with Crippen LogP contribution in [-0.2, 0) is 25.5 Å². The molecule has 0 radical (unpaired) electrons. The number of nitrogens with one attached hydrogen (secondary N) is 4. The molecule has 14 heteroatoms. The maximum absolute atomic E-state index is 13.5. The Morgan fingerprint density at radius 1 is 0.818 bits per heavy atom. The zero-order chi connectivity index (χ0) is 39.2. The van der Waals surface area contributed by atoms with E-state index < -0.39 is 24.3 Å². The van der Waals surface area contributed by atoms with Crippen LogP contribution >= 0.6 is 0 Å². The molecule has 0 spiro atoms. The lowest BCUT2D eigenvalue weighted by Crippen LogP contribution is -2.51. The molecule has 0 saturated carbocycles. The molecule has 2 aromatic carbocycles. The lowest BCUT2D eigenvalue weighted by Gasteiger charge is -2.30. The molecule has 4 aromatic rings. The van der Waals surface area contributed by atoms with Crippen LogP contribution in [0.2, 0.25) is 0 Å². The Hall–Kier alpha value is -5.66. The Labute approximate surface area is 321 Å². The minimum Gasteiger partial charge on any atom is -0.453 e. The molecule has 4 heterocycles. The predicted octanol–water partition coefficient (Wildman–Crippen LogP) is 6.30. The van der Waals surface area contributed by atoms with Crippen LogP contribution in [-0.4, -0.2) is 93.1 Å². The Bertz CT molecular complexity index is 2020. The number of fused-ring (bicyclic) bond motifs is 1. The summed E-state index contributed by atoms with van der Waals surface area (Å²) in [5.74, 6) is 1.01. The number of allylic oxidation sites excluding steroid dienone is 1. The van der Waals surface area contributed by atoms with Crippen molar-refractivity contribution in [2.24, 2.45) is 11.8 Å². The molecule has 4 atom stereocenters. The summed E-state index contributed by atoms with van der Waals surface area (Å²) < 4.78 is 9.51. The summed E-state index contributed by atoms with van der Waals surface area (Å²) >= 11 is 0. The normalized spacial score (nSPS) is 18.3.